The first kappa shape index (κ1) is 21.3. The van der Waals surface area contributed by atoms with E-state index in [1.165, 1.54) is 12.1 Å². The first-order valence-electron chi connectivity index (χ1n) is 11.3. The summed E-state index contributed by atoms with van der Waals surface area (Å²) in [7, 11) is 0. The van der Waals surface area contributed by atoms with Crippen LogP contribution in [0.25, 0.3) is 16.7 Å². The molecule has 2 aliphatic carbocycles. The van der Waals surface area contributed by atoms with Gasteiger partial charge in [-0.15, -0.1) is 0 Å². The molecule has 2 saturated carbocycles. The van der Waals surface area contributed by atoms with Crippen molar-refractivity contribution in [1.82, 2.24) is 5.32 Å². The van der Waals surface area contributed by atoms with Gasteiger partial charge in [0.15, 0.2) is 5.76 Å². The molecule has 172 valence electrons. The van der Waals surface area contributed by atoms with Gasteiger partial charge in [0.1, 0.15) is 5.58 Å². The molecule has 0 saturated heterocycles. The Bertz CT molecular complexity index is 1060. The van der Waals surface area contributed by atoms with Gasteiger partial charge in [0.2, 0.25) is 0 Å². The van der Waals surface area contributed by atoms with Crippen LogP contribution < -0.4 is 10.2 Å². The van der Waals surface area contributed by atoms with E-state index in [-0.39, 0.29) is 5.54 Å². The van der Waals surface area contributed by atoms with Crippen molar-refractivity contribution in [2.75, 3.05) is 18.0 Å². The number of rotatable bonds is 4. The summed E-state index contributed by atoms with van der Waals surface area (Å²) >= 11 is 0. The Hall–Kier alpha value is -2.51. The second-order valence-electron chi connectivity index (χ2n) is 10.1. The van der Waals surface area contributed by atoms with Crippen LogP contribution >= 0.6 is 0 Å². The van der Waals surface area contributed by atoms with E-state index in [1.807, 2.05) is 6.92 Å². The van der Waals surface area contributed by atoms with E-state index in [4.69, 9.17) is 4.42 Å². The number of nitroso groups, excluding NO2 is 1. The zero-order valence-electron chi connectivity index (χ0n) is 18.2. The summed E-state index contributed by atoms with van der Waals surface area (Å²) in [6, 6.07) is 3.66. The standard InChI is InChI=1S/C24H28F3N3O2/c1-15-21-20(18-13-17(24(25,26)27)3-4-19(18)32-21)30(14-23(28-15)10-11-23)12-7-16-5-8-22(2,29-31)9-6-16/h3-4,13,16,28H,1,5-12,14H2,2H3. The number of nitrogens with one attached hydrogen (secondary N) is 1. The highest BCUT2D eigenvalue weighted by molar-refractivity contribution is 5.98. The number of benzene rings is 1. The first-order chi connectivity index (χ1) is 15.1. The van der Waals surface area contributed by atoms with Crippen LogP contribution in [0.1, 0.15) is 63.2 Å². The molecule has 0 unspecified atom stereocenters. The fraction of sp³-hybridized carbons (Fsp3) is 0.583. The maximum atomic E-state index is 13.4. The third-order valence-electron chi connectivity index (χ3n) is 7.55. The van der Waals surface area contributed by atoms with Gasteiger partial charge in [0.05, 0.1) is 28.0 Å². The van der Waals surface area contributed by atoms with Crippen molar-refractivity contribution in [3.05, 3.63) is 41.0 Å². The quantitative estimate of drug-likeness (QED) is 0.546. The van der Waals surface area contributed by atoms with Gasteiger partial charge in [-0.25, -0.2) is 0 Å². The topological polar surface area (TPSA) is 57.8 Å². The minimum Gasteiger partial charge on any atom is -0.452 e. The summed E-state index contributed by atoms with van der Waals surface area (Å²) in [5, 5.41) is 7.28. The monoisotopic (exact) mass is 447 g/mol. The Balaban J connectivity index is 1.46. The number of hydrogen-bond donors (Lipinski definition) is 1. The predicted octanol–water partition coefficient (Wildman–Crippen LogP) is 6.47. The molecular weight excluding hydrogens is 419 g/mol. The Kier molecular flexibility index (Phi) is 4.84. The first-order valence-corrected chi connectivity index (χ1v) is 11.3. The lowest BCUT2D eigenvalue weighted by Gasteiger charge is -2.34. The van der Waals surface area contributed by atoms with Crippen molar-refractivity contribution in [3.8, 4) is 0 Å². The number of furan rings is 1. The van der Waals surface area contributed by atoms with Crippen molar-refractivity contribution >= 4 is 22.4 Å². The van der Waals surface area contributed by atoms with Crippen LogP contribution in [0.15, 0.2) is 34.4 Å². The van der Waals surface area contributed by atoms with Crippen LogP contribution in [-0.4, -0.2) is 24.2 Å². The lowest BCUT2D eigenvalue weighted by atomic mass is 9.77. The van der Waals surface area contributed by atoms with Crippen LogP contribution in [0, 0.1) is 10.8 Å². The average Bonchev–Trinajstić information content (AvgIpc) is 3.41. The Morgan fingerprint density at radius 1 is 1.25 bits per heavy atom. The molecule has 1 N–H and O–H groups in total. The minimum atomic E-state index is -4.41. The summed E-state index contributed by atoms with van der Waals surface area (Å²) in [5.41, 5.74) is 0.566. The molecule has 5 rings (SSSR count). The molecule has 1 spiro atoms. The van der Waals surface area contributed by atoms with Crippen LogP contribution in [0.5, 0.6) is 0 Å². The second kappa shape index (κ2) is 7.25. The lowest BCUT2D eigenvalue weighted by molar-refractivity contribution is -0.137. The SMILES string of the molecule is C=C1NC2(CC2)CN(CCC2CCC(C)(N=O)CC2)c2c1oc1ccc(C(F)(F)F)cc21. The lowest BCUT2D eigenvalue weighted by Crippen LogP contribution is -2.41. The largest absolute Gasteiger partial charge is 0.452 e. The molecule has 0 radical (unpaired) electrons. The molecular formula is C24H28F3N3O2. The van der Waals surface area contributed by atoms with Crippen LogP contribution in [0.3, 0.4) is 0 Å². The highest BCUT2D eigenvalue weighted by atomic mass is 19.4. The van der Waals surface area contributed by atoms with Gasteiger partial charge in [-0.1, -0.05) is 11.8 Å². The number of anilines is 1. The van der Waals surface area contributed by atoms with Gasteiger partial charge in [0.25, 0.3) is 0 Å². The Morgan fingerprint density at radius 3 is 2.59 bits per heavy atom. The molecule has 2 fully saturated rings. The smallest absolute Gasteiger partial charge is 0.416 e. The molecule has 2 aromatic rings. The van der Waals surface area contributed by atoms with E-state index in [1.54, 1.807) is 0 Å². The van der Waals surface area contributed by atoms with Gasteiger partial charge < -0.3 is 14.6 Å². The Labute approximate surface area is 185 Å². The summed E-state index contributed by atoms with van der Waals surface area (Å²) in [4.78, 5) is 13.3. The number of hydrogen-bond acceptors (Lipinski definition) is 5. The second-order valence-corrected chi connectivity index (χ2v) is 10.1. The van der Waals surface area contributed by atoms with E-state index in [9.17, 15) is 18.1 Å². The molecule has 8 heteroatoms. The molecule has 32 heavy (non-hydrogen) atoms. The number of halogens is 3. The van der Waals surface area contributed by atoms with Crippen molar-refractivity contribution in [2.45, 2.75) is 69.1 Å². The normalized spacial score (nSPS) is 27.2. The number of alkyl halides is 3. The molecule has 2 heterocycles. The highest BCUT2D eigenvalue weighted by Gasteiger charge is 2.48. The van der Waals surface area contributed by atoms with Crippen molar-refractivity contribution in [1.29, 1.82) is 0 Å². The zero-order valence-corrected chi connectivity index (χ0v) is 18.2. The highest BCUT2D eigenvalue weighted by Crippen LogP contribution is 2.48. The summed E-state index contributed by atoms with van der Waals surface area (Å²) in [5.74, 6) is 1.01. The molecule has 0 atom stereocenters. The molecule has 1 aromatic heterocycles. The fourth-order valence-electron chi connectivity index (χ4n) is 5.28. The van der Waals surface area contributed by atoms with E-state index >= 15 is 0 Å². The van der Waals surface area contributed by atoms with E-state index in [0.717, 1.165) is 57.6 Å². The number of nitrogens with zero attached hydrogens (tertiary/aromatic N) is 2. The number of fused-ring (bicyclic) bond motifs is 3. The minimum absolute atomic E-state index is 0.0842. The van der Waals surface area contributed by atoms with E-state index in [2.05, 4.69) is 22.0 Å². The summed E-state index contributed by atoms with van der Waals surface area (Å²) in [6.07, 6.45) is 1.99. The van der Waals surface area contributed by atoms with E-state index in [0.29, 0.717) is 40.6 Å². The Morgan fingerprint density at radius 2 is 1.97 bits per heavy atom. The van der Waals surface area contributed by atoms with Gasteiger partial charge in [-0.2, -0.15) is 18.1 Å². The maximum absolute atomic E-state index is 13.4. The van der Waals surface area contributed by atoms with Crippen molar-refractivity contribution in [3.63, 3.8) is 0 Å². The molecule has 3 aliphatic rings. The van der Waals surface area contributed by atoms with Gasteiger partial charge >= 0.3 is 6.18 Å². The van der Waals surface area contributed by atoms with Crippen molar-refractivity contribution < 1.29 is 17.6 Å². The van der Waals surface area contributed by atoms with Gasteiger partial charge in [-0.3, -0.25) is 0 Å². The molecule has 1 aliphatic heterocycles. The zero-order chi connectivity index (χ0) is 22.7. The maximum Gasteiger partial charge on any atom is 0.416 e. The van der Waals surface area contributed by atoms with Crippen LogP contribution in [-0.2, 0) is 6.18 Å². The fourth-order valence-corrected chi connectivity index (χ4v) is 5.28. The predicted molar refractivity (Wildman–Crippen MR) is 118 cm³/mol. The molecule has 0 bridgehead atoms. The van der Waals surface area contributed by atoms with Crippen LogP contribution in [0.4, 0.5) is 18.9 Å². The van der Waals surface area contributed by atoms with Gasteiger partial charge in [-0.05, 0) is 76.0 Å². The summed E-state index contributed by atoms with van der Waals surface area (Å²) < 4.78 is 46.3. The molecule has 5 nitrogen and oxygen atoms in total. The molecule has 1 aromatic carbocycles. The van der Waals surface area contributed by atoms with Crippen LogP contribution in [0.2, 0.25) is 0 Å². The molecule has 0 amide bonds. The average molecular weight is 448 g/mol. The third-order valence-corrected chi connectivity index (χ3v) is 7.55. The van der Waals surface area contributed by atoms with E-state index < -0.39 is 17.3 Å². The third kappa shape index (κ3) is 3.77. The van der Waals surface area contributed by atoms with Crippen molar-refractivity contribution in [2.24, 2.45) is 11.1 Å². The van der Waals surface area contributed by atoms with Gasteiger partial charge in [0, 0.05) is 18.5 Å². The summed E-state index contributed by atoms with van der Waals surface area (Å²) in [6.45, 7) is 7.49.